The number of fused-ring (bicyclic) bond motifs is 1. The number of aromatic nitrogens is 3. The lowest BCUT2D eigenvalue weighted by Gasteiger charge is -2.07. The molecule has 0 atom stereocenters. The van der Waals surface area contributed by atoms with Gasteiger partial charge < -0.3 is 9.30 Å². The Hall–Kier alpha value is -2.41. The van der Waals surface area contributed by atoms with Crippen molar-refractivity contribution in [2.24, 2.45) is 0 Å². The molecular formula is C14H13N3O3S. The average molecular weight is 303 g/mol. The molecule has 3 rings (SSSR count). The van der Waals surface area contributed by atoms with E-state index in [9.17, 15) is 9.59 Å². The Kier molecular flexibility index (Phi) is 3.34. The van der Waals surface area contributed by atoms with Crippen molar-refractivity contribution in [3.8, 4) is 5.75 Å². The normalized spacial score (nSPS) is 11.0. The number of ether oxygens (including phenoxy) is 1. The van der Waals surface area contributed by atoms with Gasteiger partial charge in [-0.2, -0.15) is 0 Å². The van der Waals surface area contributed by atoms with Crippen molar-refractivity contribution < 1.29 is 4.74 Å². The molecule has 7 heteroatoms. The lowest BCUT2D eigenvalue weighted by molar-refractivity contribution is 0.403. The monoisotopic (exact) mass is 303 g/mol. The molecule has 3 aromatic heterocycles. The SMILES string of the molecule is COc1cccn(Cc2cc(=O)n3cc(C)sc3n2)c1=O. The van der Waals surface area contributed by atoms with Crippen LogP contribution < -0.4 is 15.9 Å². The third kappa shape index (κ3) is 2.47. The fourth-order valence-electron chi connectivity index (χ4n) is 2.11. The smallest absolute Gasteiger partial charge is 0.293 e. The van der Waals surface area contributed by atoms with Crippen LogP contribution in [0.25, 0.3) is 4.96 Å². The Labute approximate surface area is 123 Å². The van der Waals surface area contributed by atoms with Crippen LogP contribution in [0.4, 0.5) is 0 Å². The zero-order chi connectivity index (χ0) is 15.0. The quantitative estimate of drug-likeness (QED) is 0.731. The van der Waals surface area contributed by atoms with Crippen LogP contribution in [-0.4, -0.2) is 21.1 Å². The summed E-state index contributed by atoms with van der Waals surface area (Å²) in [6.07, 6.45) is 3.41. The summed E-state index contributed by atoms with van der Waals surface area (Å²) in [5.41, 5.74) is 0.164. The maximum absolute atomic E-state index is 12.1. The Balaban J connectivity index is 2.06. The first kappa shape index (κ1) is 13.6. The summed E-state index contributed by atoms with van der Waals surface area (Å²) in [6, 6.07) is 4.78. The van der Waals surface area contributed by atoms with E-state index in [4.69, 9.17) is 4.74 Å². The summed E-state index contributed by atoms with van der Waals surface area (Å²) < 4.78 is 7.98. The number of aryl methyl sites for hydroxylation is 1. The van der Waals surface area contributed by atoms with Crippen LogP contribution in [0.2, 0.25) is 0 Å². The highest BCUT2D eigenvalue weighted by atomic mass is 32.1. The van der Waals surface area contributed by atoms with Crippen molar-refractivity contribution in [3.05, 3.63) is 61.9 Å². The molecule has 0 N–H and O–H groups in total. The molecule has 0 amide bonds. The number of pyridine rings is 1. The van der Waals surface area contributed by atoms with Crippen LogP contribution in [0.15, 0.2) is 40.2 Å². The Morgan fingerprint density at radius 3 is 2.95 bits per heavy atom. The largest absolute Gasteiger partial charge is 0.491 e. The lowest BCUT2D eigenvalue weighted by atomic mass is 10.3. The second kappa shape index (κ2) is 5.17. The number of thiazole rings is 1. The van der Waals surface area contributed by atoms with E-state index >= 15 is 0 Å². The fourth-order valence-corrected chi connectivity index (χ4v) is 2.96. The number of nitrogens with zero attached hydrogens (tertiary/aromatic N) is 3. The first-order chi connectivity index (χ1) is 10.1. The molecular weight excluding hydrogens is 290 g/mol. The fraction of sp³-hybridized carbons (Fsp3) is 0.214. The molecule has 0 saturated carbocycles. The predicted molar refractivity (Wildman–Crippen MR) is 80.4 cm³/mol. The Morgan fingerprint density at radius 2 is 2.19 bits per heavy atom. The molecule has 108 valence electrons. The van der Waals surface area contributed by atoms with Crippen LogP contribution in [0, 0.1) is 6.92 Å². The second-order valence-electron chi connectivity index (χ2n) is 4.59. The highest BCUT2D eigenvalue weighted by Gasteiger charge is 2.08. The Morgan fingerprint density at radius 1 is 1.38 bits per heavy atom. The summed E-state index contributed by atoms with van der Waals surface area (Å²) in [7, 11) is 1.45. The van der Waals surface area contributed by atoms with Crippen LogP contribution in [-0.2, 0) is 6.54 Å². The van der Waals surface area contributed by atoms with Gasteiger partial charge in [-0.25, -0.2) is 4.98 Å². The maximum Gasteiger partial charge on any atom is 0.293 e. The number of rotatable bonds is 3. The topological polar surface area (TPSA) is 65.6 Å². The molecule has 0 aliphatic heterocycles. The van der Waals surface area contributed by atoms with Crippen molar-refractivity contribution in [3.63, 3.8) is 0 Å². The van der Waals surface area contributed by atoms with E-state index in [0.717, 1.165) is 4.88 Å². The maximum atomic E-state index is 12.1. The minimum absolute atomic E-state index is 0.143. The lowest BCUT2D eigenvalue weighted by Crippen LogP contribution is -2.23. The predicted octanol–water partition coefficient (Wildman–Crippen LogP) is 1.28. The van der Waals surface area contributed by atoms with Gasteiger partial charge >= 0.3 is 0 Å². The molecule has 0 aliphatic rings. The van der Waals surface area contributed by atoms with Gasteiger partial charge in [-0.1, -0.05) is 0 Å². The van der Waals surface area contributed by atoms with Crippen LogP contribution in [0.1, 0.15) is 10.6 Å². The Bertz CT molecular complexity index is 923. The van der Waals surface area contributed by atoms with Gasteiger partial charge in [-0.3, -0.25) is 14.0 Å². The van der Waals surface area contributed by atoms with Crippen molar-refractivity contribution in [2.45, 2.75) is 13.5 Å². The molecule has 3 heterocycles. The molecule has 21 heavy (non-hydrogen) atoms. The van der Waals surface area contributed by atoms with Gasteiger partial charge in [0.2, 0.25) is 0 Å². The summed E-state index contributed by atoms with van der Waals surface area (Å²) in [4.78, 5) is 30.2. The molecule has 0 aromatic carbocycles. The molecule has 6 nitrogen and oxygen atoms in total. The highest BCUT2D eigenvalue weighted by molar-refractivity contribution is 7.16. The van der Waals surface area contributed by atoms with E-state index in [-0.39, 0.29) is 23.4 Å². The van der Waals surface area contributed by atoms with E-state index in [1.807, 2.05) is 6.92 Å². The van der Waals surface area contributed by atoms with E-state index in [1.165, 1.54) is 33.5 Å². The van der Waals surface area contributed by atoms with Gasteiger partial charge in [0.1, 0.15) is 0 Å². The van der Waals surface area contributed by atoms with E-state index in [1.54, 1.807) is 24.5 Å². The zero-order valence-electron chi connectivity index (χ0n) is 11.6. The minimum atomic E-state index is -0.246. The molecule has 0 unspecified atom stereocenters. The van der Waals surface area contributed by atoms with Crippen LogP contribution in [0.3, 0.4) is 0 Å². The number of methoxy groups -OCH3 is 1. The number of hydrogen-bond acceptors (Lipinski definition) is 5. The summed E-state index contributed by atoms with van der Waals surface area (Å²) in [5.74, 6) is 0.266. The third-order valence-corrected chi connectivity index (χ3v) is 3.97. The summed E-state index contributed by atoms with van der Waals surface area (Å²) >= 11 is 1.44. The molecule has 0 saturated heterocycles. The molecule has 0 fully saturated rings. The van der Waals surface area contributed by atoms with Crippen molar-refractivity contribution in [1.82, 2.24) is 14.0 Å². The summed E-state index contributed by atoms with van der Waals surface area (Å²) in [6.45, 7) is 2.16. The highest BCUT2D eigenvalue weighted by Crippen LogP contribution is 2.13. The van der Waals surface area contributed by atoms with E-state index in [0.29, 0.717) is 10.7 Å². The van der Waals surface area contributed by atoms with Gasteiger partial charge in [0, 0.05) is 23.3 Å². The first-order valence-electron chi connectivity index (χ1n) is 6.30. The van der Waals surface area contributed by atoms with Crippen molar-refractivity contribution >= 4 is 16.3 Å². The standard InChI is InChI=1S/C14H13N3O3S/c1-9-7-17-12(18)6-10(15-14(17)21-9)8-16-5-3-4-11(20-2)13(16)19/h3-7H,8H2,1-2H3. The van der Waals surface area contributed by atoms with Crippen LogP contribution in [0.5, 0.6) is 5.75 Å². The van der Waals surface area contributed by atoms with E-state index < -0.39 is 0 Å². The molecule has 0 aliphatic carbocycles. The van der Waals surface area contributed by atoms with Gasteiger partial charge in [0.25, 0.3) is 11.1 Å². The molecule has 0 radical (unpaired) electrons. The molecule has 0 bridgehead atoms. The van der Waals surface area contributed by atoms with Crippen LogP contribution >= 0.6 is 11.3 Å². The molecule has 3 aromatic rings. The van der Waals surface area contributed by atoms with Gasteiger partial charge in [0.05, 0.1) is 19.3 Å². The number of hydrogen-bond donors (Lipinski definition) is 0. The first-order valence-corrected chi connectivity index (χ1v) is 7.12. The third-order valence-electron chi connectivity index (χ3n) is 3.07. The summed E-state index contributed by atoms with van der Waals surface area (Å²) in [5, 5.41) is 0. The van der Waals surface area contributed by atoms with Crippen molar-refractivity contribution in [2.75, 3.05) is 7.11 Å². The van der Waals surface area contributed by atoms with Crippen molar-refractivity contribution in [1.29, 1.82) is 0 Å². The average Bonchev–Trinajstić information content (AvgIpc) is 2.82. The van der Waals surface area contributed by atoms with Gasteiger partial charge in [-0.05, 0) is 19.1 Å². The minimum Gasteiger partial charge on any atom is -0.491 e. The van der Waals surface area contributed by atoms with E-state index in [2.05, 4.69) is 4.98 Å². The zero-order valence-corrected chi connectivity index (χ0v) is 12.4. The second-order valence-corrected chi connectivity index (χ2v) is 5.80. The van der Waals surface area contributed by atoms with Gasteiger partial charge in [-0.15, -0.1) is 11.3 Å². The molecule has 0 spiro atoms. The van der Waals surface area contributed by atoms with Gasteiger partial charge in [0.15, 0.2) is 10.7 Å².